The lowest BCUT2D eigenvalue weighted by Gasteiger charge is -2.34. The molecule has 1 saturated heterocycles. The highest BCUT2D eigenvalue weighted by Gasteiger charge is 2.23. The predicted molar refractivity (Wildman–Crippen MR) is 89.6 cm³/mol. The lowest BCUT2D eigenvalue weighted by Crippen LogP contribution is -2.51. The standard InChI is InChI=1S/C17H25N3O3/c1-13-4-5-15(12-14(13)2)18-17(22)20-9-7-19(8-10-20)16(21)6-11-23-3/h4-5,12H,6-11H2,1-3H3,(H,18,22). The van der Waals surface area contributed by atoms with Gasteiger partial charge in [0.15, 0.2) is 0 Å². The van der Waals surface area contributed by atoms with E-state index in [4.69, 9.17) is 4.74 Å². The summed E-state index contributed by atoms with van der Waals surface area (Å²) in [5.74, 6) is 0.0843. The van der Waals surface area contributed by atoms with Crippen LogP contribution in [0.4, 0.5) is 10.5 Å². The van der Waals surface area contributed by atoms with Crippen LogP contribution in [0.3, 0.4) is 0 Å². The molecule has 1 fully saturated rings. The summed E-state index contributed by atoms with van der Waals surface area (Å²) < 4.78 is 4.93. The summed E-state index contributed by atoms with van der Waals surface area (Å²) >= 11 is 0. The summed E-state index contributed by atoms with van der Waals surface area (Å²) in [6, 6.07) is 5.76. The van der Waals surface area contributed by atoms with Crippen LogP contribution in [0.5, 0.6) is 0 Å². The van der Waals surface area contributed by atoms with Crippen LogP contribution in [-0.2, 0) is 9.53 Å². The molecule has 126 valence electrons. The maximum absolute atomic E-state index is 12.3. The minimum atomic E-state index is -0.114. The lowest BCUT2D eigenvalue weighted by atomic mass is 10.1. The van der Waals surface area contributed by atoms with Crippen LogP contribution >= 0.6 is 0 Å². The van der Waals surface area contributed by atoms with Crippen LogP contribution in [0.2, 0.25) is 0 Å². The summed E-state index contributed by atoms with van der Waals surface area (Å²) in [4.78, 5) is 27.8. The molecule has 0 saturated carbocycles. The Morgan fingerprint density at radius 3 is 2.35 bits per heavy atom. The number of methoxy groups -OCH3 is 1. The summed E-state index contributed by atoms with van der Waals surface area (Å²) in [5, 5.41) is 2.92. The molecule has 1 aromatic carbocycles. The van der Waals surface area contributed by atoms with Crippen molar-refractivity contribution in [2.45, 2.75) is 20.3 Å². The summed E-state index contributed by atoms with van der Waals surface area (Å²) in [6.07, 6.45) is 0.394. The van der Waals surface area contributed by atoms with Crippen molar-refractivity contribution < 1.29 is 14.3 Å². The Morgan fingerprint density at radius 2 is 1.74 bits per heavy atom. The molecule has 0 bridgehead atoms. The Balaban J connectivity index is 1.83. The smallest absolute Gasteiger partial charge is 0.321 e. The van der Waals surface area contributed by atoms with Crippen molar-refractivity contribution in [3.63, 3.8) is 0 Å². The number of piperazine rings is 1. The number of hydrogen-bond acceptors (Lipinski definition) is 3. The molecule has 0 aromatic heterocycles. The molecule has 0 aliphatic carbocycles. The molecule has 1 aliphatic rings. The molecule has 0 radical (unpaired) electrons. The zero-order chi connectivity index (χ0) is 16.8. The van der Waals surface area contributed by atoms with Crippen molar-refractivity contribution in [1.29, 1.82) is 0 Å². The monoisotopic (exact) mass is 319 g/mol. The molecule has 23 heavy (non-hydrogen) atoms. The summed E-state index contributed by atoms with van der Waals surface area (Å²) in [6.45, 7) is 6.75. The van der Waals surface area contributed by atoms with Gasteiger partial charge >= 0.3 is 6.03 Å². The highest BCUT2D eigenvalue weighted by Crippen LogP contribution is 2.15. The Kier molecular flexibility index (Phi) is 5.98. The number of hydrogen-bond donors (Lipinski definition) is 1. The van der Waals surface area contributed by atoms with Crippen molar-refractivity contribution in [3.05, 3.63) is 29.3 Å². The number of rotatable bonds is 4. The van der Waals surface area contributed by atoms with E-state index in [1.807, 2.05) is 32.0 Å². The van der Waals surface area contributed by atoms with Gasteiger partial charge in [-0.2, -0.15) is 0 Å². The van der Waals surface area contributed by atoms with Gasteiger partial charge in [0.25, 0.3) is 0 Å². The van der Waals surface area contributed by atoms with E-state index in [9.17, 15) is 9.59 Å². The number of carbonyl (C=O) groups excluding carboxylic acids is 2. The van der Waals surface area contributed by atoms with E-state index < -0.39 is 0 Å². The zero-order valence-electron chi connectivity index (χ0n) is 14.1. The molecule has 1 aliphatic heterocycles. The molecule has 0 spiro atoms. The number of urea groups is 1. The van der Waals surface area contributed by atoms with Gasteiger partial charge in [-0.25, -0.2) is 4.79 Å². The lowest BCUT2D eigenvalue weighted by molar-refractivity contribution is -0.133. The first kappa shape index (κ1) is 17.3. The fourth-order valence-electron chi connectivity index (χ4n) is 2.53. The SMILES string of the molecule is COCCC(=O)N1CCN(C(=O)Nc2ccc(C)c(C)c2)CC1. The summed E-state index contributed by atoms with van der Waals surface area (Å²) in [5.41, 5.74) is 3.15. The second-order valence-electron chi connectivity index (χ2n) is 5.84. The fourth-order valence-corrected chi connectivity index (χ4v) is 2.53. The highest BCUT2D eigenvalue weighted by molar-refractivity contribution is 5.89. The normalized spacial score (nSPS) is 14.7. The molecule has 1 heterocycles. The largest absolute Gasteiger partial charge is 0.384 e. The number of nitrogens with zero attached hydrogens (tertiary/aromatic N) is 2. The van der Waals surface area contributed by atoms with Crippen molar-refractivity contribution in [2.24, 2.45) is 0 Å². The first-order chi connectivity index (χ1) is 11.0. The van der Waals surface area contributed by atoms with Gasteiger partial charge in [0.2, 0.25) is 5.91 Å². The number of carbonyl (C=O) groups is 2. The fraction of sp³-hybridized carbons (Fsp3) is 0.529. The van der Waals surface area contributed by atoms with Gasteiger partial charge < -0.3 is 19.9 Å². The van der Waals surface area contributed by atoms with Gasteiger partial charge in [0.1, 0.15) is 0 Å². The molecule has 0 unspecified atom stereocenters. The maximum Gasteiger partial charge on any atom is 0.321 e. The van der Waals surface area contributed by atoms with Crippen LogP contribution in [0.25, 0.3) is 0 Å². The van der Waals surface area contributed by atoms with Crippen molar-refractivity contribution in [2.75, 3.05) is 45.2 Å². The third kappa shape index (κ3) is 4.69. The summed E-state index contributed by atoms with van der Waals surface area (Å²) in [7, 11) is 1.59. The maximum atomic E-state index is 12.3. The number of anilines is 1. The van der Waals surface area contributed by atoms with E-state index in [0.29, 0.717) is 39.2 Å². The molecule has 1 aromatic rings. The Hall–Kier alpha value is -2.08. The van der Waals surface area contributed by atoms with Crippen LogP contribution in [-0.4, -0.2) is 61.6 Å². The first-order valence-electron chi connectivity index (χ1n) is 7.91. The van der Waals surface area contributed by atoms with E-state index in [0.717, 1.165) is 11.3 Å². The Bertz CT molecular complexity index is 566. The number of ether oxygens (including phenoxy) is 1. The molecule has 6 nitrogen and oxygen atoms in total. The van der Waals surface area contributed by atoms with E-state index in [-0.39, 0.29) is 11.9 Å². The molecular weight excluding hydrogens is 294 g/mol. The molecule has 6 heteroatoms. The van der Waals surface area contributed by atoms with Gasteiger partial charge in [-0.15, -0.1) is 0 Å². The molecule has 3 amide bonds. The van der Waals surface area contributed by atoms with E-state index >= 15 is 0 Å². The van der Waals surface area contributed by atoms with Crippen LogP contribution in [0.1, 0.15) is 17.5 Å². The van der Waals surface area contributed by atoms with Crippen molar-refractivity contribution >= 4 is 17.6 Å². The van der Waals surface area contributed by atoms with Gasteiger partial charge in [-0.3, -0.25) is 4.79 Å². The van der Waals surface area contributed by atoms with Crippen LogP contribution in [0.15, 0.2) is 18.2 Å². The van der Waals surface area contributed by atoms with E-state index in [2.05, 4.69) is 5.32 Å². The molecule has 2 rings (SSSR count). The highest BCUT2D eigenvalue weighted by atomic mass is 16.5. The van der Waals surface area contributed by atoms with Crippen LogP contribution < -0.4 is 5.32 Å². The minimum absolute atomic E-state index is 0.0843. The van der Waals surface area contributed by atoms with Crippen molar-refractivity contribution in [1.82, 2.24) is 9.80 Å². The van der Waals surface area contributed by atoms with Gasteiger partial charge in [-0.05, 0) is 37.1 Å². The predicted octanol–water partition coefficient (Wildman–Crippen LogP) is 2.02. The minimum Gasteiger partial charge on any atom is -0.384 e. The Morgan fingerprint density at radius 1 is 1.09 bits per heavy atom. The number of aryl methyl sites for hydroxylation is 2. The number of amides is 3. The second kappa shape index (κ2) is 7.97. The second-order valence-corrected chi connectivity index (χ2v) is 5.84. The average molecular weight is 319 g/mol. The van der Waals surface area contributed by atoms with E-state index in [1.165, 1.54) is 5.56 Å². The third-order valence-electron chi connectivity index (χ3n) is 4.20. The average Bonchev–Trinajstić information content (AvgIpc) is 2.56. The van der Waals surface area contributed by atoms with Gasteiger partial charge in [0.05, 0.1) is 13.0 Å². The Labute approximate surface area is 137 Å². The zero-order valence-corrected chi connectivity index (χ0v) is 14.1. The third-order valence-corrected chi connectivity index (χ3v) is 4.20. The number of nitrogens with one attached hydrogen (secondary N) is 1. The quantitative estimate of drug-likeness (QED) is 0.923. The topological polar surface area (TPSA) is 61.9 Å². The van der Waals surface area contributed by atoms with Gasteiger partial charge in [-0.1, -0.05) is 6.07 Å². The molecule has 0 atom stereocenters. The molecule has 1 N–H and O–H groups in total. The van der Waals surface area contributed by atoms with Crippen molar-refractivity contribution in [3.8, 4) is 0 Å². The first-order valence-corrected chi connectivity index (χ1v) is 7.91. The molecular formula is C17H25N3O3. The van der Waals surface area contributed by atoms with Crippen LogP contribution in [0, 0.1) is 13.8 Å². The van der Waals surface area contributed by atoms with Gasteiger partial charge in [0, 0.05) is 39.0 Å². The number of benzene rings is 1. The van der Waals surface area contributed by atoms with E-state index in [1.54, 1.807) is 16.9 Å².